The second kappa shape index (κ2) is 7.47. The standard InChI is InChI=1S/C18H26O2/c1-3-6-14-9-11-15(12-10-14)17(19)13-16-7-4-5-8-18(16)20-2/h4-5,7-8,14-15H,3,6,9-13H2,1-2H3. The van der Waals surface area contributed by atoms with Crippen LogP contribution in [-0.2, 0) is 11.2 Å². The number of Topliss-reactive ketones (excluding diaryl/α,β-unsaturated/α-hetero) is 1. The van der Waals surface area contributed by atoms with Crippen molar-refractivity contribution in [3.05, 3.63) is 29.8 Å². The maximum atomic E-state index is 12.4. The molecule has 2 rings (SSSR count). The van der Waals surface area contributed by atoms with E-state index in [4.69, 9.17) is 4.74 Å². The Labute approximate surface area is 122 Å². The van der Waals surface area contributed by atoms with Gasteiger partial charge in [0.25, 0.3) is 0 Å². The summed E-state index contributed by atoms with van der Waals surface area (Å²) in [6, 6.07) is 7.85. The van der Waals surface area contributed by atoms with Crippen molar-refractivity contribution in [1.82, 2.24) is 0 Å². The topological polar surface area (TPSA) is 26.3 Å². The van der Waals surface area contributed by atoms with Crippen molar-refractivity contribution in [2.24, 2.45) is 11.8 Å². The van der Waals surface area contributed by atoms with Gasteiger partial charge in [-0.1, -0.05) is 38.0 Å². The van der Waals surface area contributed by atoms with E-state index in [0.29, 0.717) is 12.2 Å². The lowest BCUT2D eigenvalue weighted by molar-refractivity contribution is -0.123. The summed E-state index contributed by atoms with van der Waals surface area (Å²) in [7, 11) is 1.67. The van der Waals surface area contributed by atoms with Crippen molar-refractivity contribution in [2.75, 3.05) is 7.11 Å². The van der Waals surface area contributed by atoms with E-state index in [1.807, 2.05) is 24.3 Å². The second-order valence-corrected chi connectivity index (χ2v) is 5.96. The Morgan fingerprint density at radius 2 is 1.90 bits per heavy atom. The quantitative estimate of drug-likeness (QED) is 0.768. The predicted molar refractivity (Wildman–Crippen MR) is 82.1 cm³/mol. The van der Waals surface area contributed by atoms with Crippen LogP contribution in [0.3, 0.4) is 0 Å². The number of ketones is 1. The molecule has 0 atom stereocenters. The summed E-state index contributed by atoms with van der Waals surface area (Å²) in [5.74, 6) is 2.35. The van der Waals surface area contributed by atoms with Crippen molar-refractivity contribution in [2.45, 2.75) is 51.9 Å². The summed E-state index contributed by atoms with van der Waals surface area (Å²) in [4.78, 5) is 12.4. The van der Waals surface area contributed by atoms with Crippen LogP contribution in [0.5, 0.6) is 5.75 Å². The highest BCUT2D eigenvalue weighted by atomic mass is 16.5. The number of carbonyl (C=O) groups is 1. The van der Waals surface area contributed by atoms with Gasteiger partial charge < -0.3 is 4.74 Å². The van der Waals surface area contributed by atoms with Crippen LogP contribution in [0.4, 0.5) is 0 Å². The van der Waals surface area contributed by atoms with Gasteiger partial charge in [0.15, 0.2) is 0 Å². The number of hydrogen-bond donors (Lipinski definition) is 0. The molecule has 0 amide bonds. The van der Waals surface area contributed by atoms with E-state index in [9.17, 15) is 4.79 Å². The Morgan fingerprint density at radius 3 is 2.55 bits per heavy atom. The zero-order valence-electron chi connectivity index (χ0n) is 12.7. The van der Waals surface area contributed by atoms with E-state index in [1.54, 1.807) is 7.11 Å². The third kappa shape index (κ3) is 3.84. The number of methoxy groups -OCH3 is 1. The number of rotatable bonds is 6. The number of para-hydroxylation sites is 1. The van der Waals surface area contributed by atoms with Crippen molar-refractivity contribution in [1.29, 1.82) is 0 Å². The van der Waals surface area contributed by atoms with E-state index in [0.717, 1.165) is 30.1 Å². The molecule has 1 aromatic rings. The highest BCUT2D eigenvalue weighted by molar-refractivity contribution is 5.83. The summed E-state index contributed by atoms with van der Waals surface area (Å²) in [6.07, 6.45) is 7.74. The van der Waals surface area contributed by atoms with E-state index in [1.165, 1.54) is 25.7 Å². The number of benzene rings is 1. The lowest BCUT2D eigenvalue weighted by Crippen LogP contribution is -2.23. The smallest absolute Gasteiger partial charge is 0.140 e. The van der Waals surface area contributed by atoms with Gasteiger partial charge in [-0.3, -0.25) is 4.79 Å². The monoisotopic (exact) mass is 274 g/mol. The Kier molecular flexibility index (Phi) is 5.63. The van der Waals surface area contributed by atoms with Crippen LogP contribution in [0.25, 0.3) is 0 Å². The molecule has 0 bridgehead atoms. The van der Waals surface area contributed by atoms with Crippen LogP contribution in [0.2, 0.25) is 0 Å². The minimum absolute atomic E-state index is 0.271. The SMILES string of the molecule is CCCC1CCC(C(=O)Cc2ccccc2OC)CC1. The molecule has 110 valence electrons. The highest BCUT2D eigenvalue weighted by Gasteiger charge is 2.26. The summed E-state index contributed by atoms with van der Waals surface area (Å²) < 4.78 is 5.33. The average molecular weight is 274 g/mol. The Morgan fingerprint density at radius 1 is 1.20 bits per heavy atom. The first kappa shape index (κ1) is 15.1. The lowest BCUT2D eigenvalue weighted by Gasteiger charge is -2.27. The first-order valence-corrected chi connectivity index (χ1v) is 7.89. The van der Waals surface area contributed by atoms with Gasteiger partial charge >= 0.3 is 0 Å². The maximum absolute atomic E-state index is 12.4. The molecule has 0 aromatic heterocycles. The third-order valence-corrected chi connectivity index (χ3v) is 4.56. The molecule has 0 saturated heterocycles. The Balaban J connectivity index is 1.89. The molecular formula is C18H26O2. The normalized spacial score (nSPS) is 22.5. The van der Waals surface area contributed by atoms with Gasteiger partial charge in [-0.05, 0) is 37.7 Å². The summed E-state index contributed by atoms with van der Waals surface area (Å²) in [5.41, 5.74) is 1.02. The van der Waals surface area contributed by atoms with E-state index in [-0.39, 0.29) is 5.92 Å². The molecule has 1 fully saturated rings. The molecule has 0 radical (unpaired) electrons. The summed E-state index contributed by atoms with van der Waals surface area (Å²) >= 11 is 0. The van der Waals surface area contributed by atoms with Crippen LogP contribution < -0.4 is 4.74 Å². The van der Waals surface area contributed by atoms with Crippen molar-refractivity contribution < 1.29 is 9.53 Å². The fraction of sp³-hybridized carbons (Fsp3) is 0.611. The third-order valence-electron chi connectivity index (χ3n) is 4.56. The van der Waals surface area contributed by atoms with Gasteiger partial charge in [-0.25, -0.2) is 0 Å². The van der Waals surface area contributed by atoms with E-state index < -0.39 is 0 Å². The summed E-state index contributed by atoms with van der Waals surface area (Å²) in [5, 5.41) is 0. The highest BCUT2D eigenvalue weighted by Crippen LogP contribution is 2.33. The van der Waals surface area contributed by atoms with Gasteiger partial charge in [0, 0.05) is 17.9 Å². The van der Waals surface area contributed by atoms with Crippen LogP contribution in [0, 0.1) is 11.8 Å². The molecular weight excluding hydrogens is 248 g/mol. The molecule has 0 unspecified atom stereocenters. The molecule has 0 heterocycles. The largest absolute Gasteiger partial charge is 0.496 e. The first-order chi connectivity index (χ1) is 9.74. The number of hydrogen-bond acceptors (Lipinski definition) is 2. The zero-order valence-corrected chi connectivity index (χ0v) is 12.7. The molecule has 20 heavy (non-hydrogen) atoms. The van der Waals surface area contributed by atoms with Crippen LogP contribution in [0.15, 0.2) is 24.3 Å². The Bertz CT molecular complexity index is 431. The number of carbonyl (C=O) groups excluding carboxylic acids is 1. The minimum atomic E-state index is 0.271. The minimum Gasteiger partial charge on any atom is -0.496 e. The first-order valence-electron chi connectivity index (χ1n) is 7.89. The van der Waals surface area contributed by atoms with E-state index in [2.05, 4.69) is 6.92 Å². The molecule has 1 saturated carbocycles. The molecule has 1 aliphatic carbocycles. The molecule has 1 aliphatic rings. The van der Waals surface area contributed by atoms with Gasteiger partial charge in [0.1, 0.15) is 11.5 Å². The fourth-order valence-electron chi connectivity index (χ4n) is 3.36. The number of ether oxygens (including phenoxy) is 1. The van der Waals surface area contributed by atoms with E-state index >= 15 is 0 Å². The van der Waals surface area contributed by atoms with Crippen molar-refractivity contribution >= 4 is 5.78 Å². The van der Waals surface area contributed by atoms with Crippen LogP contribution >= 0.6 is 0 Å². The van der Waals surface area contributed by atoms with Crippen LogP contribution in [0.1, 0.15) is 51.0 Å². The van der Waals surface area contributed by atoms with Crippen molar-refractivity contribution in [3.8, 4) is 5.75 Å². The summed E-state index contributed by atoms with van der Waals surface area (Å²) in [6.45, 7) is 2.25. The van der Waals surface area contributed by atoms with Crippen LogP contribution in [-0.4, -0.2) is 12.9 Å². The van der Waals surface area contributed by atoms with Gasteiger partial charge in [0.05, 0.1) is 7.11 Å². The predicted octanol–water partition coefficient (Wildman–Crippen LogP) is 4.41. The molecule has 2 heteroatoms. The zero-order chi connectivity index (χ0) is 14.4. The van der Waals surface area contributed by atoms with Crippen molar-refractivity contribution in [3.63, 3.8) is 0 Å². The molecule has 0 aliphatic heterocycles. The second-order valence-electron chi connectivity index (χ2n) is 5.96. The maximum Gasteiger partial charge on any atom is 0.140 e. The van der Waals surface area contributed by atoms with Gasteiger partial charge in [0.2, 0.25) is 0 Å². The molecule has 1 aromatic carbocycles. The molecule has 0 N–H and O–H groups in total. The molecule has 2 nitrogen and oxygen atoms in total. The lowest BCUT2D eigenvalue weighted by atomic mass is 9.77. The Hall–Kier alpha value is -1.31. The fourth-order valence-corrected chi connectivity index (χ4v) is 3.36. The van der Waals surface area contributed by atoms with Gasteiger partial charge in [-0.2, -0.15) is 0 Å². The van der Waals surface area contributed by atoms with Gasteiger partial charge in [-0.15, -0.1) is 0 Å². The molecule has 0 spiro atoms. The average Bonchev–Trinajstić information content (AvgIpc) is 2.49.